The predicted molar refractivity (Wildman–Crippen MR) is 258 cm³/mol. The molecule has 5 aromatic carbocycles. The van der Waals surface area contributed by atoms with Crippen LogP contribution in [0.15, 0.2) is 150 Å². The molecule has 4 aromatic heterocycles. The number of aromatic nitrogens is 3. The van der Waals surface area contributed by atoms with E-state index in [4.69, 9.17) is 17.1 Å². The molecule has 0 saturated carbocycles. The molecule has 0 amide bonds. The summed E-state index contributed by atoms with van der Waals surface area (Å²) < 4.78 is 24.0. The van der Waals surface area contributed by atoms with Gasteiger partial charge in [-0.1, -0.05) is 142 Å². The van der Waals surface area contributed by atoms with Crippen molar-refractivity contribution in [1.82, 2.24) is 15.0 Å². The van der Waals surface area contributed by atoms with Crippen molar-refractivity contribution in [1.29, 1.82) is 0 Å². The second-order valence-corrected chi connectivity index (χ2v) is 22.2. The summed E-state index contributed by atoms with van der Waals surface area (Å²) in [6.45, 7) is 19.1. The first-order chi connectivity index (χ1) is 30.0. The van der Waals surface area contributed by atoms with Gasteiger partial charge in [-0.2, -0.15) is 0 Å². The zero-order valence-electron chi connectivity index (χ0n) is 38.9. The minimum Gasteiger partial charge on any atom is -0.499 e. The Morgan fingerprint density at radius 2 is 1.37 bits per heavy atom. The summed E-state index contributed by atoms with van der Waals surface area (Å²) >= 11 is 0. The Bertz CT molecular complexity index is 3070. The van der Waals surface area contributed by atoms with E-state index in [-0.39, 0.29) is 20.1 Å². The molecule has 1 atom stereocenters. The van der Waals surface area contributed by atoms with Crippen LogP contribution >= 0.6 is 0 Å². The molecular weight excluding hydrogens is 951 g/mol. The van der Waals surface area contributed by atoms with Gasteiger partial charge in [0.2, 0.25) is 0 Å². The van der Waals surface area contributed by atoms with E-state index in [9.17, 15) is 0 Å². The molecule has 0 aliphatic carbocycles. The van der Waals surface area contributed by atoms with Crippen LogP contribution < -0.4 is 5.19 Å². The van der Waals surface area contributed by atoms with E-state index < -0.39 is 19.9 Å². The van der Waals surface area contributed by atoms with E-state index in [0.717, 1.165) is 55.7 Å². The summed E-state index contributed by atoms with van der Waals surface area (Å²) in [5.74, 6) is -1.63. The molecule has 6 heteroatoms. The van der Waals surface area contributed by atoms with Gasteiger partial charge in [0, 0.05) is 46.8 Å². The van der Waals surface area contributed by atoms with Crippen LogP contribution in [-0.4, -0.2) is 23.0 Å². The fourth-order valence-electron chi connectivity index (χ4n) is 8.24. The first kappa shape index (κ1) is 41.6. The van der Waals surface area contributed by atoms with Crippen LogP contribution in [0, 0.1) is 32.9 Å². The molecule has 1 radical (unpaired) electrons. The molecule has 9 aromatic rings. The van der Waals surface area contributed by atoms with Crippen molar-refractivity contribution in [3.05, 3.63) is 191 Å². The zero-order valence-corrected chi connectivity index (χ0v) is 40.3. The third-order valence-electron chi connectivity index (χ3n) is 11.3. The number of fused-ring (bicyclic) bond motifs is 3. The normalized spacial score (nSPS) is 13.0. The van der Waals surface area contributed by atoms with Crippen molar-refractivity contribution in [2.45, 2.75) is 73.0 Å². The maximum atomic E-state index is 9.07. The summed E-state index contributed by atoms with van der Waals surface area (Å²) in [4.78, 5) is 14.4. The Balaban J connectivity index is 0.000000201. The maximum Gasteiger partial charge on any atom is 0.139 e. The third-order valence-corrected chi connectivity index (χ3v) is 13.3. The number of furan rings is 1. The number of hydrogen-bond donors (Lipinski definition) is 0. The van der Waals surface area contributed by atoms with Gasteiger partial charge >= 0.3 is 0 Å². The van der Waals surface area contributed by atoms with Gasteiger partial charge in [0.1, 0.15) is 5.58 Å². The molecule has 313 valence electrons. The Hall–Kier alpha value is -5.78. The van der Waals surface area contributed by atoms with Gasteiger partial charge in [-0.25, -0.2) is 4.98 Å². The van der Waals surface area contributed by atoms with Crippen LogP contribution in [0.2, 0.25) is 19.6 Å². The number of nitrogens with zero attached hydrogens (tertiary/aromatic N) is 3. The number of aryl methyl sites for hydroxylation is 3. The summed E-state index contributed by atoms with van der Waals surface area (Å²) in [7, 11) is -1.57. The maximum absolute atomic E-state index is 9.07. The Morgan fingerprint density at radius 1 is 0.677 bits per heavy atom. The monoisotopic (exact) mass is 1010 g/mol. The quantitative estimate of drug-likeness (QED) is 0.112. The molecule has 0 bridgehead atoms. The zero-order chi connectivity index (χ0) is 44.7. The number of pyridine rings is 3. The Morgan fingerprint density at radius 3 is 2.06 bits per heavy atom. The van der Waals surface area contributed by atoms with Crippen molar-refractivity contribution in [2.24, 2.45) is 0 Å². The summed E-state index contributed by atoms with van der Waals surface area (Å²) in [6.07, 6.45) is 3.84. The number of rotatable bonds is 8. The van der Waals surface area contributed by atoms with Crippen molar-refractivity contribution < 1.29 is 27.3 Å². The van der Waals surface area contributed by atoms with E-state index in [2.05, 4.69) is 112 Å². The van der Waals surface area contributed by atoms with Crippen LogP contribution in [0.1, 0.15) is 68.8 Å². The van der Waals surface area contributed by atoms with E-state index in [0.29, 0.717) is 16.9 Å². The summed E-state index contributed by atoms with van der Waals surface area (Å²) in [5.41, 5.74) is 16.7. The molecule has 1 unspecified atom stereocenters. The van der Waals surface area contributed by atoms with Crippen LogP contribution in [0.25, 0.3) is 66.8 Å². The minimum atomic E-state index is -1.57. The van der Waals surface area contributed by atoms with Crippen LogP contribution in [0.3, 0.4) is 0 Å². The van der Waals surface area contributed by atoms with Gasteiger partial charge in [-0.15, -0.1) is 53.6 Å². The molecule has 4 nitrogen and oxygen atoms in total. The van der Waals surface area contributed by atoms with Gasteiger partial charge in [0.25, 0.3) is 0 Å². The van der Waals surface area contributed by atoms with Gasteiger partial charge in [-0.05, 0) is 100 Å². The predicted octanol–water partition coefficient (Wildman–Crippen LogP) is 14.5. The first-order valence-electron chi connectivity index (χ1n) is 21.9. The fraction of sp³-hybridized carbons (Fsp3) is 0.196. The molecule has 0 saturated heterocycles. The van der Waals surface area contributed by atoms with Crippen molar-refractivity contribution in [3.8, 4) is 44.8 Å². The van der Waals surface area contributed by atoms with E-state index in [1.165, 1.54) is 33.0 Å². The SMILES string of the molecule is [2H]C(C)(C)c1cc(-c2[c-]ccc(-c3ccccc3)c2)ncc1[Si](C)(C)C.[2H]C(C)(c1ccccc1)c1ccc2oc3c(-c4cc(-c5c(C)cc(C)cc5C)ccn4)[c-]ccc3c2n1.[Ir]. The molecule has 0 aliphatic rings. The minimum absolute atomic E-state index is 0. The van der Waals surface area contributed by atoms with E-state index in [1.807, 2.05) is 112 Å². The van der Waals surface area contributed by atoms with Gasteiger partial charge in [0.05, 0.1) is 19.2 Å². The van der Waals surface area contributed by atoms with Crippen LogP contribution in [0.4, 0.5) is 0 Å². The van der Waals surface area contributed by atoms with Gasteiger partial charge in [-0.3, -0.25) is 0 Å². The molecule has 0 fully saturated rings. The van der Waals surface area contributed by atoms with Crippen molar-refractivity contribution >= 4 is 35.3 Å². The fourth-order valence-corrected chi connectivity index (χ4v) is 9.82. The van der Waals surface area contributed by atoms with E-state index >= 15 is 0 Å². The molecule has 4 heterocycles. The number of hydrogen-bond acceptors (Lipinski definition) is 4. The molecule has 0 spiro atoms. The van der Waals surface area contributed by atoms with Crippen LogP contribution in [0.5, 0.6) is 0 Å². The Kier molecular flexibility index (Phi) is 12.5. The first-order valence-corrected chi connectivity index (χ1v) is 24.4. The topological polar surface area (TPSA) is 51.8 Å². The molecule has 62 heavy (non-hydrogen) atoms. The van der Waals surface area contributed by atoms with E-state index in [1.54, 1.807) is 0 Å². The van der Waals surface area contributed by atoms with Crippen LogP contribution in [-0.2, 0) is 20.1 Å². The smallest absolute Gasteiger partial charge is 0.139 e. The average Bonchev–Trinajstić information content (AvgIpc) is 3.65. The molecule has 9 rings (SSSR count). The van der Waals surface area contributed by atoms with Crippen molar-refractivity contribution in [2.75, 3.05) is 0 Å². The molecule has 0 N–H and O–H groups in total. The molecular formula is C56H53IrN3OSi-2. The Labute approximate surface area is 384 Å². The summed E-state index contributed by atoms with van der Waals surface area (Å²) in [6, 6.07) is 51.4. The summed E-state index contributed by atoms with van der Waals surface area (Å²) in [5, 5.41) is 2.16. The van der Waals surface area contributed by atoms with Gasteiger partial charge in [0.15, 0.2) is 0 Å². The third kappa shape index (κ3) is 9.34. The van der Waals surface area contributed by atoms with Gasteiger partial charge < -0.3 is 14.4 Å². The number of benzene rings is 5. The molecule has 0 aliphatic heterocycles. The average molecular weight is 1010 g/mol. The standard InChI is InChI=1S/C33H27N2O.C23H26NSi.Ir/c1-20-17-21(2)31(22(3)18-20)25-15-16-34-29(19-25)26-11-8-12-27-32-30(36-33(26)27)14-13-28(35-32)23(4)24-9-6-5-7-10-24;1-17(2)21-15-22(24-16-23(21)25(3,4)5)20-13-9-12-19(14-20)18-10-7-6-8-11-18;/h5-10,12-19,23H,1-4H3;6-12,14-17H,1-5H3;/q2*-1;/i23D;17D;. The second-order valence-electron chi connectivity index (χ2n) is 17.2. The second kappa shape index (κ2) is 18.7. The van der Waals surface area contributed by atoms with Crippen molar-refractivity contribution in [3.63, 3.8) is 0 Å². The largest absolute Gasteiger partial charge is 0.499 e.